The van der Waals surface area contributed by atoms with E-state index in [0.717, 1.165) is 13.0 Å². The van der Waals surface area contributed by atoms with E-state index in [2.05, 4.69) is 74.0 Å². The van der Waals surface area contributed by atoms with Crippen LogP contribution in [0.5, 0.6) is 0 Å². The Hall–Kier alpha value is -0.0701. The molecule has 2 aliphatic heterocycles. The van der Waals surface area contributed by atoms with Crippen molar-refractivity contribution in [2.75, 3.05) is 6.54 Å². The molecule has 0 unspecified atom stereocenters. The van der Waals surface area contributed by atoms with Crippen molar-refractivity contribution in [1.82, 2.24) is 4.72 Å². The van der Waals surface area contributed by atoms with Gasteiger partial charge >= 0.3 is 14.5 Å². The summed E-state index contributed by atoms with van der Waals surface area (Å²) in [6, 6.07) is 0. The van der Waals surface area contributed by atoms with Crippen molar-refractivity contribution in [2.45, 2.75) is 98.1 Å². The molecule has 5 nitrogen and oxygen atoms in total. The predicted octanol–water partition coefficient (Wildman–Crippen LogP) is 3.51. The predicted molar refractivity (Wildman–Crippen MR) is 98.3 cm³/mol. The summed E-state index contributed by atoms with van der Waals surface area (Å²) in [7, 11) is -0.938. The average Bonchev–Trinajstić information content (AvgIpc) is 2.68. The first-order chi connectivity index (χ1) is 10.7. The zero-order chi connectivity index (χ0) is 18.6. The molecule has 0 aromatic heterocycles. The van der Waals surface area contributed by atoms with E-state index in [4.69, 9.17) is 18.6 Å². The van der Waals surface area contributed by atoms with Crippen LogP contribution in [0.15, 0.2) is 0 Å². The second-order valence-electron chi connectivity index (χ2n) is 9.55. The summed E-state index contributed by atoms with van der Waals surface area (Å²) in [4.78, 5) is 0. The molecule has 0 amide bonds. The van der Waals surface area contributed by atoms with Gasteiger partial charge in [-0.2, -0.15) is 0 Å². The third-order valence-corrected chi connectivity index (χ3v) is 5.99. The van der Waals surface area contributed by atoms with E-state index in [1.807, 2.05) is 0 Å². The largest absolute Gasteiger partial charge is 0.551 e. The first-order valence-electron chi connectivity index (χ1n) is 9.15. The molecule has 0 radical (unpaired) electrons. The molecule has 0 aromatic carbocycles. The molecular weight excluding hydrogens is 304 g/mol. The summed E-state index contributed by atoms with van der Waals surface area (Å²) >= 11 is 0. The normalized spacial score (nSPS) is 27.5. The molecule has 7 heteroatoms. The number of hydrogen-bond donors (Lipinski definition) is 0. The highest BCUT2D eigenvalue weighted by molar-refractivity contribution is 6.60. The van der Waals surface area contributed by atoms with Crippen molar-refractivity contribution in [3.63, 3.8) is 0 Å². The van der Waals surface area contributed by atoms with Crippen LogP contribution in [0, 0.1) is 5.92 Å². The molecule has 2 rings (SSSR count). The van der Waals surface area contributed by atoms with Crippen LogP contribution >= 0.6 is 0 Å². The van der Waals surface area contributed by atoms with Crippen LogP contribution < -0.4 is 0 Å². The lowest BCUT2D eigenvalue weighted by Gasteiger charge is -2.32. The van der Waals surface area contributed by atoms with Crippen molar-refractivity contribution >= 4 is 14.5 Å². The van der Waals surface area contributed by atoms with Crippen LogP contribution in [-0.4, -0.2) is 48.2 Å². The fourth-order valence-electron chi connectivity index (χ4n) is 2.61. The maximum absolute atomic E-state index is 6.25. The van der Waals surface area contributed by atoms with Crippen LogP contribution in [0.4, 0.5) is 0 Å². The minimum Gasteiger partial charge on any atom is -0.390 e. The van der Waals surface area contributed by atoms with E-state index < -0.39 is 14.5 Å². The molecule has 2 fully saturated rings. The lowest BCUT2D eigenvalue weighted by Crippen LogP contribution is -2.53. The molecule has 2 saturated heterocycles. The first kappa shape index (κ1) is 20.2. The smallest absolute Gasteiger partial charge is 0.390 e. The van der Waals surface area contributed by atoms with Gasteiger partial charge in [-0.05, 0) is 74.3 Å². The summed E-state index contributed by atoms with van der Waals surface area (Å²) < 4.78 is 27.1. The van der Waals surface area contributed by atoms with E-state index >= 15 is 0 Å². The van der Waals surface area contributed by atoms with Gasteiger partial charge in [-0.15, -0.1) is 0 Å². The molecule has 0 atom stereocenters. The minimum absolute atomic E-state index is 0.378. The Morgan fingerprint density at radius 1 is 0.667 bits per heavy atom. The quantitative estimate of drug-likeness (QED) is 0.717. The zero-order valence-electron chi connectivity index (χ0n) is 17.2. The van der Waals surface area contributed by atoms with Gasteiger partial charge in [0.1, 0.15) is 0 Å². The summed E-state index contributed by atoms with van der Waals surface area (Å²) in [5.41, 5.74) is -1.51. The Labute approximate surface area is 149 Å². The highest BCUT2D eigenvalue weighted by atomic mass is 16.7. The molecular formula is C17H35B2NO4. The van der Waals surface area contributed by atoms with Gasteiger partial charge in [0.2, 0.25) is 0 Å². The van der Waals surface area contributed by atoms with Gasteiger partial charge in [0.25, 0.3) is 0 Å². The van der Waals surface area contributed by atoms with Gasteiger partial charge in [0.05, 0.1) is 22.4 Å². The Balaban J connectivity index is 2.21. The molecule has 0 saturated carbocycles. The lowest BCUT2D eigenvalue weighted by molar-refractivity contribution is 0.00578. The Morgan fingerprint density at radius 3 is 1.21 bits per heavy atom. The topological polar surface area (TPSA) is 40.2 Å². The molecule has 0 spiro atoms. The minimum atomic E-state index is -0.469. The lowest BCUT2D eigenvalue weighted by atomic mass is 9.87. The monoisotopic (exact) mass is 339 g/mol. The van der Waals surface area contributed by atoms with Crippen molar-refractivity contribution in [3.05, 3.63) is 0 Å². The van der Waals surface area contributed by atoms with Gasteiger partial charge in [-0.1, -0.05) is 13.8 Å². The molecule has 0 N–H and O–H groups in total. The maximum Gasteiger partial charge on any atom is 0.551 e. The Bertz CT molecular complexity index is 398. The van der Waals surface area contributed by atoms with Gasteiger partial charge in [-0.25, -0.2) is 0 Å². The van der Waals surface area contributed by atoms with Gasteiger partial charge in [0, 0.05) is 0 Å². The van der Waals surface area contributed by atoms with E-state index in [9.17, 15) is 0 Å². The van der Waals surface area contributed by atoms with Crippen LogP contribution in [0.1, 0.15) is 75.7 Å². The SMILES string of the molecule is CC(C)CCN(B1OC(C)(C)C(C)(C)O1)B1OC(C)(C)C(C)(C)O1. The van der Waals surface area contributed by atoms with Gasteiger partial charge < -0.3 is 18.6 Å². The number of hydrogen-bond acceptors (Lipinski definition) is 5. The highest BCUT2D eigenvalue weighted by Crippen LogP contribution is 2.41. The zero-order valence-corrected chi connectivity index (χ0v) is 17.2. The average molecular weight is 339 g/mol. The number of rotatable bonds is 5. The van der Waals surface area contributed by atoms with Crippen LogP contribution in [-0.2, 0) is 18.6 Å². The summed E-state index contributed by atoms with van der Waals surface area (Å²) in [6.07, 6.45) is 1.02. The summed E-state index contributed by atoms with van der Waals surface area (Å²) in [5.74, 6) is 0.581. The van der Waals surface area contributed by atoms with Gasteiger partial charge in [0.15, 0.2) is 0 Å². The van der Waals surface area contributed by atoms with Crippen LogP contribution in [0.25, 0.3) is 0 Å². The second kappa shape index (κ2) is 6.27. The van der Waals surface area contributed by atoms with Crippen LogP contribution in [0.3, 0.4) is 0 Å². The van der Waals surface area contributed by atoms with Crippen molar-refractivity contribution in [2.24, 2.45) is 5.92 Å². The van der Waals surface area contributed by atoms with E-state index in [0.29, 0.717) is 5.92 Å². The fourth-order valence-corrected chi connectivity index (χ4v) is 2.61. The van der Waals surface area contributed by atoms with E-state index in [-0.39, 0.29) is 22.4 Å². The maximum atomic E-state index is 6.25. The molecule has 0 aliphatic carbocycles. The standard InChI is InChI=1S/C17H35B2NO4/c1-13(2)11-12-20(18-21-14(3,4)15(5,6)22-18)19-23-16(7,8)17(9,10)24-19/h13H,11-12H2,1-10H3. The van der Waals surface area contributed by atoms with Crippen molar-refractivity contribution in [1.29, 1.82) is 0 Å². The van der Waals surface area contributed by atoms with E-state index in [1.54, 1.807) is 0 Å². The second-order valence-corrected chi connectivity index (χ2v) is 9.55. The summed E-state index contributed by atoms with van der Waals surface area (Å²) in [6.45, 7) is 21.8. The van der Waals surface area contributed by atoms with Gasteiger partial charge in [-0.3, -0.25) is 4.72 Å². The first-order valence-corrected chi connectivity index (χ1v) is 9.15. The Morgan fingerprint density at radius 2 is 0.958 bits per heavy atom. The molecule has 0 bridgehead atoms. The number of nitrogens with zero attached hydrogens (tertiary/aromatic N) is 1. The third-order valence-electron chi connectivity index (χ3n) is 5.99. The Kier molecular flexibility index (Phi) is 5.29. The molecule has 2 aliphatic rings. The highest BCUT2D eigenvalue weighted by Gasteiger charge is 2.61. The van der Waals surface area contributed by atoms with Crippen molar-refractivity contribution < 1.29 is 18.6 Å². The van der Waals surface area contributed by atoms with Crippen LogP contribution in [0.2, 0.25) is 0 Å². The fraction of sp³-hybridized carbons (Fsp3) is 1.00. The molecule has 2 heterocycles. The molecule has 24 heavy (non-hydrogen) atoms. The molecule has 138 valence electrons. The molecule has 0 aromatic rings. The van der Waals surface area contributed by atoms with E-state index in [1.165, 1.54) is 0 Å². The van der Waals surface area contributed by atoms with Crippen molar-refractivity contribution in [3.8, 4) is 0 Å². The summed E-state index contributed by atoms with van der Waals surface area (Å²) in [5, 5.41) is 0. The third kappa shape index (κ3) is 3.70.